The Balaban J connectivity index is 1.55. The number of aryl methyl sites for hydroxylation is 2. The number of anilines is 1. The van der Waals surface area contributed by atoms with Crippen LogP contribution in [0.3, 0.4) is 0 Å². The SMILES string of the molecule is C=CCOC(=O)c1sc(N2C(=O)C(=O)C(=C(O)c3ccc(OCc4cccc(C)c4)cc3)C2c2ccc(OCCC(C)C)c(OC)c2)nc1C. The monoisotopic (exact) mass is 696 g/mol. The Kier molecular flexibility index (Phi) is 11.4. The van der Waals surface area contributed by atoms with Gasteiger partial charge in [0.2, 0.25) is 0 Å². The fourth-order valence-corrected chi connectivity index (χ4v) is 6.42. The van der Waals surface area contributed by atoms with E-state index in [-0.39, 0.29) is 27.9 Å². The summed E-state index contributed by atoms with van der Waals surface area (Å²) in [5.41, 5.74) is 3.08. The molecule has 1 aromatic heterocycles. The quantitative estimate of drug-likeness (QED) is 0.0463. The van der Waals surface area contributed by atoms with Crippen molar-refractivity contribution in [1.29, 1.82) is 0 Å². The summed E-state index contributed by atoms with van der Waals surface area (Å²) in [6, 6.07) is 18.6. The molecule has 50 heavy (non-hydrogen) atoms. The highest BCUT2D eigenvalue weighted by Gasteiger charge is 2.48. The molecule has 4 aromatic rings. The van der Waals surface area contributed by atoms with E-state index >= 15 is 0 Å². The first-order valence-corrected chi connectivity index (χ1v) is 17.0. The topological polar surface area (TPSA) is 124 Å². The number of aliphatic hydroxyl groups is 1. The molecule has 260 valence electrons. The fraction of sp³-hybridized carbons (Fsp3) is 0.282. The Morgan fingerprint density at radius 3 is 2.48 bits per heavy atom. The second-order valence-corrected chi connectivity index (χ2v) is 13.2. The molecule has 3 aromatic carbocycles. The summed E-state index contributed by atoms with van der Waals surface area (Å²) >= 11 is 0.919. The summed E-state index contributed by atoms with van der Waals surface area (Å²) in [4.78, 5) is 46.3. The number of aliphatic hydroxyl groups excluding tert-OH is 1. The van der Waals surface area contributed by atoms with Crippen LogP contribution in [0.4, 0.5) is 5.13 Å². The van der Waals surface area contributed by atoms with Crippen molar-refractivity contribution in [3.8, 4) is 17.2 Å². The van der Waals surface area contributed by atoms with Gasteiger partial charge in [-0.05, 0) is 73.7 Å². The van der Waals surface area contributed by atoms with Crippen molar-refractivity contribution in [3.63, 3.8) is 0 Å². The number of ketones is 1. The summed E-state index contributed by atoms with van der Waals surface area (Å²) in [6.07, 6.45) is 2.28. The highest BCUT2D eigenvalue weighted by atomic mass is 32.1. The molecule has 2 heterocycles. The predicted molar refractivity (Wildman–Crippen MR) is 192 cm³/mol. The van der Waals surface area contributed by atoms with Crippen LogP contribution in [-0.2, 0) is 20.9 Å². The number of amides is 1. The van der Waals surface area contributed by atoms with E-state index in [0.717, 1.165) is 28.9 Å². The number of rotatable bonds is 14. The van der Waals surface area contributed by atoms with Crippen LogP contribution in [0.1, 0.15) is 63.9 Å². The molecule has 1 aliphatic rings. The van der Waals surface area contributed by atoms with E-state index in [0.29, 0.717) is 53.2 Å². The van der Waals surface area contributed by atoms with Gasteiger partial charge in [-0.1, -0.05) is 73.7 Å². The van der Waals surface area contributed by atoms with Crippen LogP contribution in [0.2, 0.25) is 0 Å². The lowest BCUT2D eigenvalue weighted by molar-refractivity contribution is -0.132. The molecule has 0 saturated carbocycles. The van der Waals surface area contributed by atoms with Crippen molar-refractivity contribution in [2.75, 3.05) is 25.2 Å². The average Bonchev–Trinajstić information content (AvgIpc) is 3.61. The first-order chi connectivity index (χ1) is 24.0. The van der Waals surface area contributed by atoms with Crippen molar-refractivity contribution >= 4 is 39.9 Å². The second kappa shape index (κ2) is 15.9. The van der Waals surface area contributed by atoms with Gasteiger partial charge >= 0.3 is 11.9 Å². The van der Waals surface area contributed by atoms with Crippen LogP contribution in [0.25, 0.3) is 5.76 Å². The number of esters is 1. The normalized spacial score (nSPS) is 15.3. The highest BCUT2D eigenvalue weighted by molar-refractivity contribution is 7.17. The second-order valence-electron chi connectivity index (χ2n) is 12.2. The van der Waals surface area contributed by atoms with Gasteiger partial charge in [0.05, 0.1) is 31.0 Å². The summed E-state index contributed by atoms with van der Waals surface area (Å²) in [7, 11) is 1.50. The van der Waals surface area contributed by atoms with E-state index in [2.05, 4.69) is 25.4 Å². The Morgan fingerprint density at radius 2 is 1.80 bits per heavy atom. The van der Waals surface area contributed by atoms with E-state index in [1.807, 2.05) is 31.2 Å². The van der Waals surface area contributed by atoms with Crippen molar-refractivity contribution in [1.82, 2.24) is 4.98 Å². The number of methoxy groups -OCH3 is 1. The molecule has 1 unspecified atom stereocenters. The predicted octanol–water partition coefficient (Wildman–Crippen LogP) is 7.74. The summed E-state index contributed by atoms with van der Waals surface area (Å²) in [6.45, 7) is 12.2. The number of aromatic nitrogens is 1. The van der Waals surface area contributed by atoms with Gasteiger partial charge in [0.25, 0.3) is 5.78 Å². The van der Waals surface area contributed by atoms with Gasteiger partial charge in [0.1, 0.15) is 29.6 Å². The Bertz CT molecular complexity index is 1930. The third-order valence-electron chi connectivity index (χ3n) is 8.03. The van der Waals surface area contributed by atoms with Crippen LogP contribution in [0.5, 0.6) is 17.2 Å². The van der Waals surface area contributed by atoms with E-state index in [9.17, 15) is 19.5 Å². The molecule has 0 aliphatic carbocycles. The lowest BCUT2D eigenvalue weighted by atomic mass is 9.95. The number of thiazole rings is 1. The number of ether oxygens (including phenoxy) is 4. The van der Waals surface area contributed by atoms with Crippen molar-refractivity contribution in [2.45, 2.75) is 46.8 Å². The van der Waals surface area contributed by atoms with Crippen LogP contribution < -0.4 is 19.1 Å². The average molecular weight is 697 g/mol. The van der Waals surface area contributed by atoms with Crippen LogP contribution >= 0.6 is 11.3 Å². The van der Waals surface area contributed by atoms with Crippen LogP contribution in [0, 0.1) is 19.8 Å². The van der Waals surface area contributed by atoms with E-state index in [1.165, 1.54) is 18.1 Å². The zero-order valence-electron chi connectivity index (χ0n) is 28.7. The number of carbonyl (C=O) groups is 3. The number of carbonyl (C=O) groups excluding carboxylic acids is 3. The molecule has 1 fully saturated rings. The molecule has 0 radical (unpaired) electrons. The zero-order chi connectivity index (χ0) is 35.9. The zero-order valence-corrected chi connectivity index (χ0v) is 29.5. The standard InChI is InChI=1S/C39H40N2O8S/c1-7-18-48-38(45)36-25(5)40-39(50-36)41-33(28-13-16-30(31(21-28)46-6)47-19-17-23(2)3)32(35(43)37(41)44)34(42)27-11-14-29(15-12-27)49-22-26-10-8-9-24(4)20-26/h7-16,20-21,23,33,42H,1,17-19,22H2,2-6H3. The van der Waals surface area contributed by atoms with Crippen molar-refractivity contribution in [3.05, 3.63) is 118 Å². The minimum atomic E-state index is -1.12. The molecule has 1 saturated heterocycles. The molecule has 11 heteroatoms. The first-order valence-electron chi connectivity index (χ1n) is 16.2. The summed E-state index contributed by atoms with van der Waals surface area (Å²) < 4.78 is 22.8. The third kappa shape index (κ3) is 7.89. The van der Waals surface area contributed by atoms with E-state index < -0.39 is 23.7 Å². The molecule has 0 bridgehead atoms. The molecule has 0 spiro atoms. The number of Topliss-reactive ketones (excluding diaryl/α,β-unsaturated/α-hetero) is 1. The number of nitrogens with zero attached hydrogens (tertiary/aromatic N) is 2. The maximum absolute atomic E-state index is 13.8. The number of benzene rings is 3. The Labute approximate surface area is 295 Å². The molecule has 1 N–H and O–H groups in total. The summed E-state index contributed by atoms with van der Waals surface area (Å²) in [5, 5.41) is 11.8. The van der Waals surface area contributed by atoms with E-state index in [1.54, 1.807) is 49.4 Å². The fourth-order valence-electron chi connectivity index (χ4n) is 5.43. The van der Waals surface area contributed by atoms with E-state index in [4.69, 9.17) is 18.9 Å². The minimum Gasteiger partial charge on any atom is -0.507 e. The van der Waals surface area contributed by atoms with Gasteiger partial charge < -0.3 is 24.1 Å². The van der Waals surface area contributed by atoms with Gasteiger partial charge in [0, 0.05) is 5.56 Å². The van der Waals surface area contributed by atoms with Crippen molar-refractivity contribution in [2.24, 2.45) is 5.92 Å². The maximum Gasteiger partial charge on any atom is 0.350 e. The maximum atomic E-state index is 13.8. The van der Waals surface area contributed by atoms with Crippen molar-refractivity contribution < 1.29 is 38.4 Å². The molecule has 5 rings (SSSR count). The Morgan fingerprint density at radius 1 is 1.04 bits per heavy atom. The molecular weight excluding hydrogens is 657 g/mol. The molecule has 1 aliphatic heterocycles. The molecule has 10 nitrogen and oxygen atoms in total. The minimum absolute atomic E-state index is 0.00282. The molecular formula is C39H40N2O8S. The summed E-state index contributed by atoms with van der Waals surface area (Å²) in [5.74, 6) is -0.951. The number of hydrogen-bond acceptors (Lipinski definition) is 10. The van der Waals surface area contributed by atoms with Gasteiger partial charge in [-0.2, -0.15) is 0 Å². The largest absolute Gasteiger partial charge is 0.507 e. The van der Waals surface area contributed by atoms with Gasteiger partial charge in [-0.15, -0.1) is 0 Å². The third-order valence-corrected chi connectivity index (χ3v) is 9.16. The van der Waals surface area contributed by atoms with Crippen LogP contribution in [-0.4, -0.2) is 48.1 Å². The first kappa shape index (κ1) is 35.9. The van der Waals surface area contributed by atoms with Gasteiger partial charge in [0.15, 0.2) is 16.6 Å². The Hall–Kier alpha value is -5.42. The number of hydrogen-bond donors (Lipinski definition) is 1. The lowest BCUT2D eigenvalue weighted by Gasteiger charge is -2.24. The lowest BCUT2D eigenvalue weighted by Crippen LogP contribution is -2.29. The smallest absolute Gasteiger partial charge is 0.350 e. The highest BCUT2D eigenvalue weighted by Crippen LogP contribution is 2.45. The van der Waals surface area contributed by atoms with Gasteiger partial charge in [-0.3, -0.25) is 14.5 Å². The van der Waals surface area contributed by atoms with Crippen LogP contribution in [0.15, 0.2) is 85.0 Å². The molecule has 1 amide bonds. The molecule has 1 atom stereocenters. The van der Waals surface area contributed by atoms with Gasteiger partial charge in [-0.25, -0.2) is 9.78 Å².